The van der Waals surface area contributed by atoms with Crippen molar-refractivity contribution >= 4 is 53.1 Å². The average molecular weight is 521 g/mol. The van der Waals surface area contributed by atoms with E-state index in [0.717, 1.165) is 5.56 Å². The van der Waals surface area contributed by atoms with E-state index < -0.39 is 0 Å². The van der Waals surface area contributed by atoms with Gasteiger partial charge >= 0.3 is 0 Å². The third kappa shape index (κ3) is 5.60. The molecule has 0 saturated carbocycles. The van der Waals surface area contributed by atoms with Gasteiger partial charge in [0, 0.05) is 7.05 Å². The van der Waals surface area contributed by atoms with E-state index in [1.807, 2.05) is 19.1 Å². The summed E-state index contributed by atoms with van der Waals surface area (Å²) in [6.07, 6.45) is 1.58. The van der Waals surface area contributed by atoms with Gasteiger partial charge in [0.15, 0.2) is 11.7 Å². The van der Waals surface area contributed by atoms with Gasteiger partial charge in [-0.3, -0.25) is 10.1 Å². The summed E-state index contributed by atoms with van der Waals surface area (Å²) in [7, 11) is 1.70. The highest BCUT2D eigenvalue weighted by atomic mass is 127. The molecule has 3 aromatic rings. The van der Waals surface area contributed by atoms with Gasteiger partial charge in [0.2, 0.25) is 5.82 Å². The minimum Gasteiger partial charge on any atom is -0.461 e. The minimum absolute atomic E-state index is 0. The maximum absolute atomic E-state index is 6.08. The molecule has 0 aliphatic carbocycles. The Morgan fingerprint density at radius 3 is 2.78 bits per heavy atom. The first-order chi connectivity index (χ1) is 12.6. The summed E-state index contributed by atoms with van der Waals surface area (Å²) in [6, 6.07) is 9.12. The number of aromatic amines is 1. The van der Waals surface area contributed by atoms with Crippen LogP contribution in [0.5, 0.6) is 0 Å². The first-order valence-electron chi connectivity index (χ1n) is 7.94. The van der Waals surface area contributed by atoms with E-state index in [1.165, 1.54) is 0 Å². The SMILES string of the molecule is CN=C(NCc1nc(-c2ccco2)n[nH]1)NC(C)c1ccc(Cl)c(Cl)c1.I. The molecule has 0 fully saturated rings. The molecule has 0 spiro atoms. The zero-order valence-electron chi connectivity index (χ0n) is 14.7. The van der Waals surface area contributed by atoms with Crippen molar-refractivity contribution in [1.82, 2.24) is 25.8 Å². The van der Waals surface area contributed by atoms with Gasteiger partial charge < -0.3 is 15.1 Å². The maximum Gasteiger partial charge on any atom is 0.216 e. The molecule has 2 heterocycles. The lowest BCUT2D eigenvalue weighted by atomic mass is 10.1. The molecule has 2 aromatic heterocycles. The third-order valence-corrected chi connectivity index (χ3v) is 4.46. The molecule has 1 aromatic carbocycles. The summed E-state index contributed by atoms with van der Waals surface area (Å²) in [5.41, 5.74) is 1.00. The van der Waals surface area contributed by atoms with E-state index >= 15 is 0 Å². The molecule has 0 aliphatic heterocycles. The topological polar surface area (TPSA) is 91.1 Å². The second kappa shape index (κ2) is 9.95. The molecule has 0 saturated heterocycles. The lowest BCUT2D eigenvalue weighted by Crippen LogP contribution is -2.38. The van der Waals surface area contributed by atoms with Crippen LogP contribution in [0.25, 0.3) is 11.6 Å². The fraction of sp³-hybridized carbons (Fsp3) is 0.235. The molecular formula is C17H19Cl2IN6O. The number of nitrogens with one attached hydrogen (secondary N) is 3. The molecule has 7 nitrogen and oxygen atoms in total. The number of rotatable bonds is 5. The van der Waals surface area contributed by atoms with Gasteiger partial charge in [-0.2, -0.15) is 0 Å². The van der Waals surface area contributed by atoms with Crippen LogP contribution in [0.3, 0.4) is 0 Å². The second-order valence-electron chi connectivity index (χ2n) is 5.55. The van der Waals surface area contributed by atoms with Crippen LogP contribution in [0.1, 0.15) is 24.4 Å². The van der Waals surface area contributed by atoms with E-state index in [1.54, 1.807) is 31.5 Å². The summed E-state index contributed by atoms with van der Waals surface area (Å²) in [6.45, 7) is 2.44. The van der Waals surface area contributed by atoms with Crippen molar-refractivity contribution in [2.75, 3.05) is 7.05 Å². The first-order valence-corrected chi connectivity index (χ1v) is 8.69. The Morgan fingerprint density at radius 1 is 1.30 bits per heavy atom. The quantitative estimate of drug-likeness (QED) is 0.263. The van der Waals surface area contributed by atoms with Crippen LogP contribution >= 0.6 is 47.2 Å². The summed E-state index contributed by atoms with van der Waals surface area (Å²) < 4.78 is 5.28. The van der Waals surface area contributed by atoms with E-state index in [0.29, 0.717) is 40.0 Å². The van der Waals surface area contributed by atoms with Crippen molar-refractivity contribution in [3.63, 3.8) is 0 Å². The summed E-state index contributed by atoms with van der Waals surface area (Å²) in [5, 5.41) is 14.5. The molecule has 1 atom stereocenters. The van der Waals surface area contributed by atoms with Crippen LogP contribution in [-0.4, -0.2) is 28.2 Å². The van der Waals surface area contributed by atoms with Crippen LogP contribution in [-0.2, 0) is 6.54 Å². The van der Waals surface area contributed by atoms with Gasteiger partial charge in [-0.15, -0.1) is 29.1 Å². The summed E-state index contributed by atoms with van der Waals surface area (Å²) >= 11 is 12.0. The van der Waals surface area contributed by atoms with Crippen molar-refractivity contribution in [1.29, 1.82) is 0 Å². The van der Waals surface area contributed by atoms with E-state index in [2.05, 4.69) is 30.8 Å². The molecule has 3 rings (SSSR count). The van der Waals surface area contributed by atoms with Gasteiger partial charge in [0.05, 0.1) is 28.9 Å². The fourth-order valence-electron chi connectivity index (χ4n) is 2.32. The number of halogens is 3. The minimum atomic E-state index is -0.00984. The predicted octanol–water partition coefficient (Wildman–Crippen LogP) is 4.42. The van der Waals surface area contributed by atoms with Crippen molar-refractivity contribution in [3.8, 4) is 11.6 Å². The summed E-state index contributed by atoms with van der Waals surface area (Å²) in [5.74, 6) is 2.42. The predicted molar refractivity (Wildman–Crippen MR) is 118 cm³/mol. The molecular weight excluding hydrogens is 502 g/mol. The normalized spacial score (nSPS) is 12.4. The van der Waals surface area contributed by atoms with E-state index in [-0.39, 0.29) is 30.0 Å². The zero-order valence-corrected chi connectivity index (χ0v) is 18.5. The molecule has 0 bridgehead atoms. The number of hydrogen-bond acceptors (Lipinski definition) is 4. The highest BCUT2D eigenvalue weighted by molar-refractivity contribution is 14.0. The van der Waals surface area contributed by atoms with Crippen molar-refractivity contribution in [2.24, 2.45) is 4.99 Å². The lowest BCUT2D eigenvalue weighted by molar-refractivity contribution is 0.577. The lowest BCUT2D eigenvalue weighted by Gasteiger charge is -2.18. The van der Waals surface area contributed by atoms with Gasteiger partial charge in [-0.25, -0.2) is 4.98 Å². The fourth-order valence-corrected chi connectivity index (χ4v) is 2.63. The number of furan rings is 1. The molecule has 144 valence electrons. The van der Waals surface area contributed by atoms with Crippen molar-refractivity contribution in [2.45, 2.75) is 19.5 Å². The Morgan fingerprint density at radius 2 is 2.11 bits per heavy atom. The molecule has 1 unspecified atom stereocenters. The van der Waals surface area contributed by atoms with Gasteiger partial charge in [-0.1, -0.05) is 29.3 Å². The largest absolute Gasteiger partial charge is 0.461 e. The van der Waals surface area contributed by atoms with Crippen LogP contribution in [0.4, 0.5) is 0 Å². The molecule has 0 radical (unpaired) electrons. The Kier molecular flexibility index (Phi) is 7.93. The number of guanidine groups is 1. The van der Waals surface area contributed by atoms with Crippen molar-refractivity contribution in [3.05, 3.63) is 58.0 Å². The summed E-state index contributed by atoms with van der Waals surface area (Å²) in [4.78, 5) is 8.60. The molecule has 27 heavy (non-hydrogen) atoms. The highest BCUT2D eigenvalue weighted by Crippen LogP contribution is 2.25. The number of H-pyrrole nitrogens is 1. The first kappa shape index (κ1) is 21.5. The number of hydrogen-bond donors (Lipinski definition) is 3. The van der Waals surface area contributed by atoms with E-state index in [9.17, 15) is 0 Å². The van der Waals surface area contributed by atoms with Crippen LogP contribution in [0, 0.1) is 0 Å². The van der Waals surface area contributed by atoms with Gasteiger partial charge in [0.25, 0.3) is 0 Å². The van der Waals surface area contributed by atoms with Gasteiger partial charge in [-0.05, 0) is 36.8 Å². The monoisotopic (exact) mass is 520 g/mol. The maximum atomic E-state index is 6.08. The molecule has 0 aliphatic rings. The van der Waals surface area contributed by atoms with Crippen LogP contribution in [0.15, 0.2) is 46.0 Å². The smallest absolute Gasteiger partial charge is 0.216 e. The Labute approximate surface area is 184 Å². The number of nitrogens with zero attached hydrogens (tertiary/aromatic N) is 3. The Balaban J connectivity index is 0.00000261. The third-order valence-electron chi connectivity index (χ3n) is 3.72. The number of aliphatic imine (C=N–C) groups is 1. The standard InChI is InChI=1S/C17H18Cl2N6O.HI/c1-10(11-5-6-12(18)13(19)8-11)22-17(20-2)21-9-15-23-16(25-24-15)14-4-3-7-26-14;/h3-8,10H,9H2,1-2H3,(H2,20,21,22)(H,23,24,25);1H. The van der Waals surface area contributed by atoms with Crippen LogP contribution in [0.2, 0.25) is 10.0 Å². The average Bonchev–Trinajstić information content (AvgIpc) is 3.32. The number of benzene rings is 1. The second-order valence-corrected chi connectivity index (χ2v) is 6.36. The molecule has 3 N–H and O–H groups in total. The Hall–Kier alpha value is -1.78. The van der Waals surface area contributed by atoms with E-state index in [4.69, 9.17) is 27.6 Å². The van der Waals surface area contributed by atoms with Gasteiger partial charge in [0.1, 0.15) is 5.82 Å². The Bertz CT molecular complexity index is 897. The molecule has 10 heteroatoms. The zero-order chi connectivity index (χ0) is 18.5. The number of aromatic nitrogens is 3. The van der Waals surface area contributed by atoms with Crippen LogP contribution < -0.4 is 10.6 Å². The van der Waals surface area contributed by atoms with Crippen molar-refractivity contribution < 1.29 is 4.42 Å². The molecule has 0 amide bonds. The highest BCUT2D eigenvalue weighted by Gasteiger charge is 2.11.